The fourth-order valence-corrected chi connectivity index (χ4v) is 6.02. The van der Waals surface area contributed by atoms with Crippen molar-refractivity contribution in [1.82, 2.24) is 9.21 Å². The lowest BCUT2D eigenvalue weighted by Crippen LogP contribution is -2.53. The standard InChI is InChI=1S/C23H28ClN3O4S/c1-16(23(28)25-21-15-19(24)7-9-22(21)31-2)26-10-12-27(13-11-26)32(29,30)20-8-6-17-4-3-5-18(17)14-20/h6-9,14-16H,3-5,10-13H2,1-2H3,(H,25,28). The average Bonchev–Trinajstić information content (AvgIpc) is 3.27. The SMILES string of the molecule is COc1ccc(Cl)cc1NC(=O)C(C)N1CCN(S(=O)(=O)c2ccc3c(c2)CCC3)CC1. The van der Waals surface area contributed by atoms with Gasteiger partial charge in [0.1, 0.15) is 5.75 Å². The molecule has 2 aromatic carbocycles. The van der Waals surface area contributed by atoms with Crippen LogP contribution in [0.25, 0.3) is 0 Å². The average molecular weight is 478 g/mol. The summed E-state index contributed by atoms with van der Waals surface area (Å²) in [7, 11) is -2.01. The minimum Gasteiger partial charge on any atom is -0.495 e. The molecule has 2 aromatic rings. The molecule has 32 heavy (non-hydrogen) atoms. The molecule has 0 aromatic heterocycles. The Morgan fingerprint density at radius 3 is 2.50 bits per heavy atom. The summed E-state index contributed by atoms with van der Waals surface area (Å²) >= 11 is 6.05. The second-order valence-corrected chi connectivity index (χ2v) is 10.6. The van der Waals surface area contributed by atoms with Crippen LogP contribution < -0.4 is 10.1 Å². The zero-order valence-electron chi connectivity index (χ0n) is 18.3. The molecule has 9 heteroatoms. The van der Waals surface area contributed by atoms with Gasteiger partial charge in [-0.3, -0.25) is 9.69 Å². The van der Waals surface area contributed by atoms with E-state index in [1.807, 2.05) is 24.0 Å². The van der Waals surface area contributed by atoms with Crippen molar-refractivity contribution in [2.75, 3.05) is 38.6 Å². The Hall–Kier alpha value is -2.13. The number of piperazine rings is 1. The maximum absolute atomic E-state index is 13.1. The highest BCUT2D eigenvalue weighted by Gasteiger charge is 2.32. The van der Waals surface area contributed by atoms with Crippen LogP contribution in [0.5, 0.6) is 5.75 Å². The molecular weight excluding hydrogens is 450 g/mol. The number of nitrogens with zero attached hydrogens (tertiary/aromatic N) is 2. The molecule has 1 heterocycles. The van der Waals surface area contributed by atoms with Crippen LogP contribution in [0.4, 0.5) is 5.69 Å². The van der Waals surface area contributed by atoms with Gasteiger partial charge in [0.05, 0.1) is 23.7 Å². The predicted molar refractivity (Wildman–Crippen MR) is 125 cm³/mol. The van der Waals surface area contributed by atoms with Crippen molar-refractivity contribution in [3.8, 4) is 5.75 Å². The fourth-order valence-electron chi connectivity index (χ4n) is 4.37. The number of amides is 1. The van der Waals surface area contributed by atoms with Crippen LogP contribution >= 0.6 is 11.6 Å². The van der Waals surface area contributed by atoms with Crippen molar-refractivity contribution in [3.05, 3.63) is 52.5 Å². The van der Waals surface area contributed by atoms with Crippen LogP contribution in [-0.4, -0.2) is 62.9 Å². The number of fused-ring (bicyclic) bond motifs is 1. The minimum atomic E-state index is -3.54. The highest BCUT2D eigenvalue weighted by atomic mass is 35.5. The van der Waals surface area contributed by atoms with Crippen molar-refractivity contribution < 1.29 is 17.9 Å². The third kappa shape index (κ3) is 4.64. The summed E-state index contributed by atoms with van der Waals surface area (Å²) in [5.41, 5.74) is 2.91. The lowest BCUT2D eigenvalue weighted by atomic mass is 10.1. The number of ether oxygens (including phenoxy) is 1. The number of nitrogens with one attached hydrogen (secondary N) is 1. The molecule has 7 nitrogen and oxygen atoms in total. The molecule has 1 atom stereocenters. The molecule has 1 fully saturated rings. The van der Waals surface area contributed by atoms with Crippen LogP contribution in [0.15, 0.2) is 41.3 Å². The van der Waals surface area contributed by atoms with Crippen LogP contribution in [0, 0.1) is 0 Å². The normalized spacial score (nSPS) is 18.2. The quantitative estimate of drug-likeness (QED) is 0.691. The number of methoxy groups -OCH3 is 1. The molecule has 1 amide bonds. The van der Waals surface area contributed by atoms with Gasteiger partial charge in [-0.25, -0.2) is 8.42 Å². The van der Waals surface area contributed by atoms with Crippen molar-refractivity contribution in [1.29, 1.82) is 0 Å². The Morgan fingerprint density at radius 1 is 1.06 bits per heavy atom. The fraction of sp³-hybridized carbons (Fsp3) is 0.435. The number of hydrogen-bond acceptors (Lipinski definition) is 5. The molecule has 1 aliphatic heterocycles. The van der Waals surface area contributed by atoms with Crippen molar-refractivity contribution >= 4 is 33.2 Å². The van der Waals surface area contributed by atoms with Gasteiger partial charge < -0.3 is 10.1 Å². The molecule has 0 radical (unpaired) electrons. The molecule has 4 rings (SSSR count). The smallest absolute Gasteiger partial charge is 0.243 e. The minimum absolute atomic E-state index is 0.194. The van der Waals surface area contributed by atoms with Gasteiger partial charge in [0.15, 0.2) is 0 Å². The van der Waals surface area contributed by atoms with E-state index in [4.69, 9.17) is 16.3 Å². The van der Waals surface area contributed by atoms with E-state index in [0.717, 1.165) is 24.8 Å². The number of sulfonamides is 1. The first-order chi connectivity index (χ1) is 15.3. The predicted octanol–water partition coefficient (Wildman–Crippen LogP) is 3.17. The van der Waals surface area contributed by atoms with Crippen molar-refractivity contribution in [2.45, 2.75) is 37.1 Å². The largest absolute Gasteiger partial charge is 0.495 e. The second kappa shape index (κ2) is 9.39. The molecule has 1 N–H and O–H groups in total. The maximum atomic E-state index is 13.1. The first-order valence-electron chi connectivity index (χ1n) is 10.8. The van der Waals surface area contributed by atoms with E-state index in [1.54, 1.807) is 24.3 Å². The summed E-state index contributed by atoms with van der Waals surface area (Å²) in [4.78, 5) is 15.2. The lowest BCUT2D eigenvalue weighted by Gasteiger charge is -2.36. The van der Waals surface area contributed by atoms with Gasteiger partial charge in [0.2, 0.25) is 15.9 Å². The Labute approximate surface area is 194 Å². The first kappa shape index (κ1) is 23.0. The Kier molecular flexibility index (Phi) is 6.76. The molecule has 172 valence electrons. The number of benzene rings is 2. The summed E-state index contributed by atoms with van der Waals surface area (Å²) in [6.07, 6.45) is 3.05. The maximum Gasteiger partial charge on any atom is 0.243 e. The topological polar surface area (TPSA) is 79.0 Å². The lowest BCUT2D eigenvalue weighted by molar-refractivity contribution is -0.121. The number of anilines is 1. The Balaban J connectivity index is 1.39. The van der Waals surface area contributed by atoms with Crippen molar-refractivity contribution in [3.63, 3.8) is 0 Å². The van der Waals surface area contributed by atoms with Crippen molar-refractivity contribution in [2.24, 2.45) is 0 Å². The number of aryl methyl sites for hydroxylation is 2. The highest BCUT2D eigenvalue weighted by molar-refractivity contribution is 7.89. The van der Waals surface area contributed by atoms with E-state index in [2.05, 4.69) is 5.32 Å². The van der Waals surface area contributed by atoms with Gasteiger partial charge in [0.25, 0.3) is 0 Å². The summed E-state index contributed by atoms with van der Waals surface area (Å²) in [6.45, 7) is 3.46. The first-order valence-corrected chi connectivity index (χ1v) is 12.6. The summed E-state index contributed by atoms with van der Waals surface area (Å²) in [5.74, 6) is 0.334. The third-order valence-corrected chi connectivity index (χ3v) is 8.46. The summed E-state index contributed by atoms with van der Waals surface area (Å²) in [5, 5.41) is 3.37. The van der Waals surface area contributed by atoms with E-state index >= 15 is 0 Å². The zero-order valence-corrected chi connectivity index (χ0v) is 19.9. The second-order valence-electron chi connectivity index (χ2n) is 8.23. The summed E-state index contributed by atoms with van der Waals surface area (Å²) < 4.78 is 33.1. The number of carbonyl (C=O) groups is 1. The number of carbonyl (C=O) groups excluding carboxylic acids is 1. The van der Waals surface area contributed by atoms with Crippen LogP contribution in [0.3, 0.4) is 0 Å². The van der Waals surface area contributed by atoms with E-state index in [9.17, 15) is 13.2 Å². The van der Waals surface area contributed by atoms with Gasteiger partial charge in [-0.05, 0) is 67.6 Å². The molecule has 2 aliphatic rings. The van der Waals surface area contributed by atoms with Gasteiger partial charge in [0, 0.05) is 31.2 Å². The Bertz CT molecular complexity index is 1110. The van der Waals surface area contributed by atoms with Crippen LogP contribution in [-0.2, 0) is 27.7 Å². The van der Waals surface area contributed by atoms with E-state index in [-0.39, 0.29) is 5.91 Å². The van der Waals surface area contributed by atoms with Gasteiger partial charge >= 0.3 is 0 Å². The molecule has 0 saturated carbocycles. The van der Waals surface area contributed by atoms with Gasteiger partial charge in [-0.15, -0.1) is 0 Å². The van der Waals surface area contributed by atoms with E-state index in [0.29, 0.717) is 47.5 Å². The van der Waals surface area contributed by atoms with E-state index in [1.165, 1.54) is 17.0 Å². The summed E-state index contributed by atoms with van der Waals surface area (Å²) in [6, 6.07) is 10.1. The van der Waals surface area contributed by atoms with Crippen LogP contribution in [0.1, 0.15) is 24.5 Å². The molecule has 1 unspecified atom stereocenters. The molecule has 0 spiro atoms. The van der Waals surface area contributed by atoms with Gasteiger partial charge in [-0.2, -0.15) is 4.31 Å². The monoisotopic (exact) mass is 477 g/mol. The number of hydrogen-bond donors (Lipinski definition) is 1. The highest BCUT2D eigenvalue weighted by Crippen LogP contribution is 2.29. The zero-order chi connectivity index (χ0) is 22.9. The number of halogens is 1. The number of rotatable bonds is 6. The van der Waals surface area contributed by atoms with E-state index < -0.39 is 16.1 Å². The Morgan fingerprint density at radius 2 is 1.78 bits per heavy atom. The third-order valence-electron chi connectivity index (χ3n) is 6.33. The molecule has 0 bridgehead atoms. The molecule has 1 saturated heterocycles. The molecular formula is C23H28ClN3O4S. The van der Waals surface area contributed by atoms with Crippen LogP contribution in [0.2, 0.25) is 5.02 Å². The molecule has 1 aliphatic carbocycles. The van der Waals surface area contributed by atoms with Gasteiger partial charge in [-0.1, -0.05) is 17.7 Å².